The Kier molecular flexibility index (Phi) is 3.69. The summed E-state index contributed by atoms with van der Waals surface area (Å²) in [6, 6.07) is 8.38. The van der Waals surface area contributed by atoms with Gasteiger partial charge in [0.2, 0.25) is 0 Å². The van der Waals surface area contributed by atoms with Crippen molar-refractivity contribution in [2.75, 3.05) is 13.2 Å². The summed E-state index contributed by atoms with van der Waals surface area (Å²) in [4.78, 5) is 0. The highest BCUT2D eigenvalue weighted by Crippen LogP contribution is 2.25. The van der Waals surface area contributed by atoms with E-state index < -0.39 is 0 Å². The number of rotatable bonds is 5. The molecule has 0 atom stereocenters. The third kappa shape index (κ3) is 2.55. The van der Waals surface area contributed by atoms with Crippen LogP contribution in [0.4, 0.5) is 4.39 Å². The van der Waals surface area contributed by atoms with Crippen LogP contribution < -0.4 is 5.32 Å². The van der Waals surface area contributed by atoms with Crippen molar-refractivity contribution in [2.24, 2.45) is 0 Å². The molecular formula is C12H14FNS. The second-order valence-electron chi connectivity index (χ2n) is 3.48. The van der Waals surface area contributed by atoms with Crippen LogP contribution in [0.1, 0.15) is 12.0 Å². The third-order valence-electron chi connectivity index (χ3n) is 2.36. The van der Waals surface area contributed by atoms with Gasteiger partial charge < -0.3 is 5.32 Å². The van der Waals surface area contributed by atoms with E-state index in [0.29, 0.717) is 6.42 Å². The van der Waals surface area contributed by atoms with Crippen molar-refractivity contribution in [1.82, 2.24) is 5.32 Å². The number of alkyl halides is 1. The fourth-order valence-electron chi connectivity index (χ4n) is 1.58. The molecule has 1 nitrogen and oxygen atoms in total. The van der Waals surface area contributed by atoms with Gasteiger partial charge in [-0.05, 0) is 35.4 Å². The Balaban J connectivity index is 2.02. The first-order valence-corrected chi connectivity index (χ1v) is 6.01. The third-order valence-corrected chi connectivity index (χ3v) is 3.38. The van der Waals surface area contributed by atoms with E-state index in [4.69, 9.17) is 0 Å². The minimum absolute atomic E-state index is 0.239. The van der Waals surface area contributed by atoms with Crippen LogP contribution in [0, 0.1) is 0 Å². The molecule has 0 amide bonds. The van der Waals surface area contributed by atoms with Gasteiger partial charge in [-0.2, -0.15) is 0 Å². The molecule has 0 radical (unpaired) electrons. The van der Waals surface area contributed by atoms with E-state index in [1.54, 1.807) is 11.3 Å². The van der Waals surface area contributed by atoms with Gasteiger partial charge in [0, 0.05) is 11.2 Å². The smallest absolute Gasteiger partial charge is 0.0906 e. The van der Waals surface area contributed by atoms with Gasteiger partial charge in [0.15, 0.2) is 0 Å². The highest BCUT2D eigenvalue weighted by molar-refractivity contribution is 7.17. The maximum absolute atomic E-state index is 11.9. The number of hydrogen-bond donors (Lipinski definition) is 1. The Morgan fingerprint density at radius 1 is 1.27 bits per heavy atom. The van der Waals surface area contributed by atoms with E-state index in [2.05, 4.69) is 35.0 Å². The van der Waals surface area contributed by atoms with Crippen LogP contribution in [0.25, 0.3) is 10.1 Å². The van der Waals surface area contributed by atoms with Crippen molar-refractivity contribution in [3.63, 3.8) is 0 Å². The molecule has 0 bridgehead atoms. The SMILES string of the molecule is FCCCNCc1csc2ccccc12. The van der Waals surface area contributed by atoms with Crippen LogP contribution in [0.3, 0.4) is 0 Å². The Morgan fingerprint density at radius 2 is 2.13 bits per heavy atom. The first-order valence-electron chi connectivity index (χ1n) is 5.13. The van der Waals surface area contributed by atoms with Crippen molar-refractivity contribution in [1.29, 1.82) is 0 Å². The lowest BCUT2D eigenvalue weighted by Gasteiger charge is -2.01. The van der Waals surface area contributed by atoms with E-state index in [1.165, 1.54) is 15.6 Å². The van der Waals surface area contributed by atoms with Crippen LogP contribution in [-0.4, -0.2) is 13.2 Å². The summed E-state index contributed by atoms with van der Waals surface area (Å²) in [6.07, 6.45) is 0.599. The van der Waals surface area contributed by atoms with E-state index in [1.807, 2.05) is 0 Å². The number of thiophene rings is 1. The second-order valence-corrected chi connectivity index (χ2v) is 4.39. The lowest BCUT2D eigenvalue weighted by atomic mass is 10.2. The van der Waals surface area contributed by atoms with Gasteiger partial charge in [0.25, 0.3) is 0 Å². The zero-order valence-corrected chi connectivity index (χ0v) is 9.32. The van der Waals surface area contributed by atoms with E-state index in [9.17, 15) is 4.39 Å². The first kappa shape index (κ1) is 10.6. The monoisotopic (exact) mass is 223 g/mol. The molecule has 0 aliphatic rings. The number of halogens is 1. The van der Waals surface area contributed by atoms with Crippen molar-refractivity contribution in [2.45, 2.75) is 13.0 Å². The first-order chi connectivity index (χ1) is 7.42. The van der Waals surface area contributed by atoms with Crippen LogP contribution in [0.5, 0.6) is 0 Å². The Bertz CT molecular complexity index is 424. The predicted molar refractivity (Wildman–Crippen MR) is 64.1 cm³/mol. The molecule has 3 heteroatoms. The van der Waals surface area contributed by atoms with Crippen LogP contribution in [0.2, 0.25) is 0 Å². The molecule has 1 aromatic heterocycles. The molecule has 2 aromatic rings. The fourth-order valence-corrected chi connectivity index (χ4v) is 2.55. The van der Waals surface area contributed by atoms with Crippen molar-refractivity contribution < 1.29 is 4.39 Å². The van der Waals surface area contributed by atoms with Crippen molar-refractivity contribution >= 4 is 21.4 Å². The van der Waals surface area contributed by atoms with Crippen molar-refractivity contribution in [3.8, 4) is 0 Å². The van der Waals surface area contributed by atoms with E-state index >= 15 is 0 Å². The predicted octanol–water partition coefficient (Wildman–Crippen LogP) is 3.35. The summed E-state index contributed by atoms with van der Waals surface area (Å²) in [5, 5.41) is 6.74. The van der Waals surface area contributed by atoms with Gasteiger partial charge in [-0.15, -0.1) is 11.3 Å². The maximum atomic E-state index is 11.9. The topological polar surface area (TPSA) is 12.0 Å². The molecule has 1 aromatic carbocycles. The largest absolute Gasteiger partial charge is 0.313 e. The molecule has 0 aliphatic heterocycles. The molecule has 1 N–H and O–H groups in total. The molecule has 0 fully saturated rings. The molecule has 2 rings (SSSR count). The average Bonchev–Trinajstić information content (AvgIpc) is 2.68. The fraction of sp³-hybridized carbons (Fsp3) is 0.333. The zero-order chi connectivity index (χ0) is 10.5. The van der Waals surface area contributed by atoms with Gasteiger partial charge in [-0.3, -0.25) is 4.39 Å². The molecule has 0 spiro atoms. The summed E-state index contributed by atoms with van der Waals surface area (Å²) < 4.78 is 13.2. The molecule has 80 valence electrons. The molecule has 0 unspecified atom stereocenters. The Labute approximate surface area is 92.9 Å². The molecule has 15 heavy (non-hydrogen) atoms. The van der Waals surface area contributed by atoms with Gasteiger partial charge in [-0.1, -0.05) is 18.2 Å². The zero-order valence-electron chi connectivity index (χ0n) is 8.50. The van der Waals surface area contributed by atoms with Crippen LogP contribution in [-0.2, 0) is 6.54 Å². The Morgan fingerprint density at radius 3 is 3.00 bits per heavy atom. The number of nitrogens with one attached hydrogen (secondary N) is 1. The summed E-state index contributed by atoms with van der Waals surface area (Å²) in [5.74, 6) is 0. The lowest BCUT2D eigenvalue weighted by Crippen LogP contribution is -2.14. The molecule has 1 heterocycles. The lowest BCUT2D eigenvalue weighted by molar-refractivity contribution is 0.459. The number of fused-ring (bicyclic) bond motifs is 1. The summed E-state index contributed by atoms with van der Waals surface area (Å²) in [5.41, 5.74) is 1.31. The average molecular weight is 223 g/mol. The van der Waals surface area contributed by atoms with Gasteiger partial charge in [-0.25, -0.2) is 0 Å². The summed E-state index contributed by atoms with van der Waals surface area (Å²) in [6.45, 7) is 1.35. The van der Waals surface area contributed by atoms with Crippen LogP contribution >= 0.6 is 11.3 Å². The molecule has 0 saturated heterocycles. The second kappa shape index (κ2) is 5.24. The van der Waals surface area contributed by atoms with Gasteiger partial charge in [0.1, 0.15) is 0 Å². The van der Waals surface area contributed by atoms with E-state index in [0.717, 1.165) is 13.1 Å². The molecule has 0 saturated carbocycles. The maximum Gasteiger partial charge on any atom is 0.0906 e. The minimum Gasteiger partial charge on any atom is -0.313 e. The normalized spacial score (nSPS) is 11.0. The highest BCUT2D eigenvalue weighted by Gasteiger charge is 2.01. The highest BCUT2D eigenvalue weighted by atomic mass is 32.1. The van der Waals surface area contributed by atoms with E-state index in [-0.39, 0.29) is 6.67 Å². The number of benzene rings is 1. The van der Waals surface area contributed by atoms with Gasteiger partial charge >= 0.3 is 0 Å². The Hall–Kier alpha value is -0.930. The van der Waals surface area contributed by atoms with Crippen molar-refractivity contribution in [3.05, 3.63) is 35.2 Å². The number of hydrogen-bond acceptors (Lipinski definition) is 2. The summed E-state index contributed by atoms with van der Waals surface area (Å²) in [7, 11) is 0. The minimum atomic E-state index is -0.239. The molecular weight excluding hydrogens is 209 g/mol. The summed E-state index contributed by atoms with van der Waals surface area (Å²) >= 11 is 1.76. The van der Waals surface area contributed by atoms with Crippen LogP contribution in [0.15, 0.2) is 29.6 Å². The molecule has 0 aliphatic carbocycles. The standard InChI is InChI=1S/C12H14FNS/c13-6-3-7-14-8-10-9-15-12-5-2-1-4-11(10)12/h1-2,4-5,9,14H,3,6-8H2. The quantitative estimate of drug-likeness (QED) is 0.766. The van der Waals surface area contributed by atoms with Gasteiger partial charge in [0.05, 0.1) is 6.67 Å².